The number of carbonyl (C=O) groups is 1. The Bertz CT molecular complexity index is 430. The van der Waals surface area contributed by atoms with Crippen molar-refractivity contribution >= 4 is 11.9 Å². The zero-order valence-corrected chi connectivity index (χ0v) is 11.0. The van der Waals surface area contributed by atoms with Crippen LogP contribution in [0.4, 0.5) is 0 Å². The molecule has 19 heavy (non-hydrogen) atoms. The van der Waals surface area contributed by atoms with Crippen LogP contribution < -0.4 is 16.0 Å². The highest BCUT2D eigenvalue weighted by Crippen LogP contribution is 1.97. The third-order valence-electron chi connectivity index (χ3n) is 2.87. The molecule has 0 radical (unpaired) electrons. The first-order chi connectivity index (χ1) is 9.34. The first-order valence-electron chi connectivity index (χ1n) is 6.67. The van der Waals surface area contributed by atoms with E-state index in [1.165, 1.54) is 0 Å². The van der Waals surface area contributed by atoms with Crippen molar-refractivity contribution in [3.05, 3.63) is 35.9 Å². The predicted molar refractivity (Wildman–Crippen MR) is 75.8 cm³/mol. The van der Waals surface area contributed by atoms with E-state index >= 15 is 0 Å². The number of rotatable bonds is 5. The lowest BCUT2D eigenvalue weighted by Crippen LogP contribution is -2.42. The maximum absolute atomic E-state index is 11.6. The summed E-state index contributed by atoms with van der Waals surface area (Å²) in [4.78, 5) is 15.9. The van der Waals surface area contributed by atoms with Crippen LogP contribution in [0.3, 0.4) is 0 Å². The van der Waals surface area contributed by atoms with E-state index in [4.69, 9.17) is 0 Å². The molecule has 1 aliphatic heterocycles. The number of nitrogens with zero attached hydrogens (tertiary/aromatic N) is 1. The van der Waals surface area contributed by atoms with E-state index in [0.717, 1.165) is 31.0 Å². The van der Waals surface area contributed by atoms with Gasteiger partial charge < -0.3 is 16.0 Å². The molecule has 102 valence electrons. The predicted octanol–water partition coefficient (Wildman–Crippen LogP) is 0.632. The van der Waals surface area contributed by atoms with Crippen molar-refractivity contribution in [3.63, 3.8) is 0 Å². The molecule has 0 unspecified atom stereocenters. The molecule has 0 saturated carbocycles. The maximum atomic E-state index is 11.6. The number of aliphatic imine (C=N–C) groups is 1. The molecule has 1 aliphatic rings. The minimum atomic E-state index is 0.0489. The second-order valence-corrected chi connectivity index (χ2v) is 4.45. The highest BCUT2D eigenvalue weighted by Gasteiger charge is 2.04. The summed E-state index contributed by atoms with van der Waals surface area (Å²) >= 11 is 0. The topological polar surface area (TPSA) is 65.5 Å². The van der Waals surface area contributed by atoms with Gasteiger partial charge in [-0.15, -0.1) is 0 Å². The minimum Gasteiger partial charge on any atom is -0.356 e. The fourth-order valence-corrected chi connectivity index (χ4v) is 1.83. The largest absolute Gasteiger partial charge is 0.356 e. The molecule has 0 saturated heterocycles. The normalized spacial score (nSPS) is 14.2. The van der Waals surface area contributed by atoms with Gasteiger partial charge in [-0.3, -0.25) is 9.79 Å². The first-order valence-corrected chi connectivity index (χ1v) is 6.67. The molecule has 5 heteroatoms. The summed E-state index contributed by atoms with van der Waals surface area (Å²) in [6, 6.07) is 9.90. The fraction of sp³-hybridized carbons (Fsp3) is 0.429. The summed E-state index contributed by atoms with van der Waals surface area (Å²) in [7, 11) is 0. The van der Waals surface area contributed by atoms with Gasteiger partial charge >= 0.3 is 0 Å². The third kappa shape index (κ3) is 4.99. The SMILES string of the molecule is O=C(CCNC1=NCCCN1)NCc1ccccc1. The quantitative estimate of drug-likeness (QED) is 0.727. The number of hydrogen-bond acceptors (Lipinski definition) is 4. The first kappa shape index (κ1) is 13.4. The van der Waals surface area contributed by atoms with E-state index in [1.807, 2.05) is 30.3 Å². The van der Waals surface area contributed by atoms with Crippen molar-refractivity contribution in [2.24, 2.45) is 4.99 Å². The zero-order chi connectivity index (χ0) is 13.3. The van der Waals surface area contributed by atoms with Crippen LogP contribution in [-0.2, 0) is 11.3 Å². The Morgan fingerprint density at radius 1 is 1.32 bits per heavy atom. The van der Waals surface area contributed by atoms with Gasteiger partial charge in [-0.05, 0) is 12.0 Å². The van der Waals surface area contributed by atoms with Crippen LogP contribution in [0, 0.1) is 0 Å². The molecular weight excluding hydrogens is 240 g/mol. The number of carbonyl (C=O) groups excluding carboxylic acids is 1. The maximum Gasteiger partial charge on any atom is 0.222 e. The molecule has 3 N–H and O–H groups in total. The van der Waals surface area contributed by atoms with E-state index in [-0.39, 0.29) is 5.91 Å². The van der Waals surface area contributed by atoms with E-state index in [1.54, 1.807) is 0 Å². The fourth-order valence-electron chi connectivity index (χ4n) is 1.83. The molecule has 2 rings (SSSR count). The van der Waals surface area contributed by atoms with Crippen molar-refractivity contribution in [1.29, 1.82) is 0 Å². The molecule has 0 atom stereocenters. The summed E-state index contributed by atoms with van der Waals surface area (Å²) in [5.74, 6) is 0.856. The van der Waals surface area contributed by atoms with E-state index in [9.17, 15) is 4.79 Å². The van der Waals surface area contributed by atoms with E-state index in [2.05, 4.69) is 20.9 Å². The lowest BCUT2D eigenvalue weighted by atomic mass is 10.2. The molecule has 0 fully saturated rings. The monoisotopic (exact) mass is 260 g/mol. The Balaban J connectivity index is 1.61. The van der Waals surface area contributed by atoms with E-state index < -0.39 is 0 Å². The number of hydrogen-bond donors (Lipinski definition) is 3. The van der Waals surface area contributed by atoms with Crippen LogP contribution in [0.5, 0.6) is 0 Å². The van der Waals surface area contributed by atoms with E-state index in [0.29, 0.717) is 19.5 Å². The molecule has 1 heterocycles. The third-order valence-corrected chi connectivity index (χ3v) is 2.87. The van der Waals surface area contributed by atoms with Gasteiger partial charge in [0.15, 0.2) is 5.96 Å². The Labute approximate surface area is 113 Å². The molecule has 0 aromatic heterocycles. The lowest BCUT2D eigenvalue weighted by Gasteiger charge is -2.15. The highest BCUT2D eigenvalue weighted by atomic mass is 16.1. The van der Waals surface area contributed by atoms with Gasteiger partial charge in [-0.25, -0.2) is 0 Å². The Morgan fingerprint density at radius 2 is 2.16 bits per heavy atom. The lowest BCUT2D eigenvalue weighted by molar-refractivity contribution is -0.121. The summed E-state index contributed by atoms with van der Waals surface area (Å²) in [6.07, 6.45) is 1.52. The molecule has 5 nitrogen and oxygen atoms in total. The van der Waals surface area contributed by atoms with Crippen LogP contribution >= 0.6 is 0 Å². The molecule has 1 amide bonds. The summed E-state index contributed by atoms with van der Waals surface area (Å²) < 4.78 is 0. The highest BCUT2D eigenvalue weighted by molar-refractivity contribution is 5.81. The second-order valence-electron chi connectivity index (χ2n) is 4.45. The Hall–Kier alpha value is -2.04. The number of benzene rings is 1. The van der Waals surface area contributed by atoms with Crippen LogP contribution in [0.15, 0.2) is 35.3 Å². The van der Waals surface area contributed by atoms with Gasteiger partial charge in [0.2, 0.25) is 5.91 Å². The number of nitrogens with one attached hydrogen (secondary N) is 3. The van der Waals surface area contributed by atoms with Gasteiger partial charge in [0.25, 0.3) is 0 Å². The minimum absolute atomic E-state index is 0.0489. The van der Waals surface area contributed by atoms with Crippen molar-refractivity contribution in [2.75, 3.05) is 19.6 Å². The summed E-state index contributed by atoms with van der Waals surface area (Å²) in [5, 5.41) is 9.18. The summed E-state index contributed by atoms with van der Waals surface area (Å²) in [5.41, 5.74) is 1.11. The van der Waals surface area contributed by atoms with Crippen molar-refractivity contribution in [1.82, 2.24) is 16.0 Å². The summed E-state index contributed by atoms with van der Waals surface area (Å²) in [6.45, 7) is 2.99. The smallest absolute Gasteiger partial charge is 0.222 e. The van der Waals surface area contributed by atoms with Gasteiger partial charge in [-0.1, -0.05) is 30.3 Å². The van der Waals surface area contributed by atoms with Crippen LogP contribution in [-0.4, -0.2) is 31.5 Å². The molecule has 0 bridgehead atoms. The standard InChI is InChI=1S/C14H20N4O/c19-13(18-11-12-5-2-1-3-6-12)7-10-17-14-15-8-4-9-16-14/h1-3,5-6H,4,7-11H2,(H,18,19)(H2,15,16,17). The van der Waals surface area contributed by atoms with Gasteiger partial charge in [0.1, 0.15) is 0 Å². The average molecular weight is 260 g/mol. The van der Waals surface area contributed by atoms with Gasteiger partial charge in [0, 0.05) is 32.6 Å². The second kappa shape index (κ2) is 7.41. The molecule has 0 spiro atoms. The van der Waals surface area contributed by atoms with Gasteiger partial charge in [0.05, 0.1) is 0 Å². The van der Waals surface area contributed by atoms with Crippen LogP contribution in [0.25, 0.3) is 0 Å². The number of amides is 1. The average Bonchev–Trinajstić information content (AvgIpc) is 2.47. The van der Waals surface area contributed by atoms with Crippen molar-refractivity contribution in [2.45, 2.75) is 19.4 Å². The molecule has 1 aromatic rings. The molecule has 0 aliphatic carbocycles. The molecular formula is C14H20N4O. The van der Waals surface area contributed by atoms with Crippen LogP contribution in [0.2, 0.25) is 0 Å². The Morgan fingerprint density at radius 3 is 2.89 bits per heavy atom. The number of guanidine groups is 1. The zero-order valence-electron chi connectivity index (χ0n) is 11.0. The van der Waals surface area contributed by atoms with Gasteiger partial charge in [-0.2, -0.15) is 0 Å². The molecule has 1 aromatic carbocycles. The van der Waals surface area contributed by atoms with Crippen molar-refractivity contribution < 1.29 is 4.79 Å². The van der Waals surface area contributed by atoms with Crippen LogP contribution in [0.1, 0.15) is 18.4 Å². The Kier molecular flexibility index (Phi) is 5.22. The van der Waals surface area contributed by atoms with Crippen molar-refractivity contribution in [3.8, 4) is 0 Å².